The van der Waals surface area contributed by atoms with Gasteiger partial charge < -0.3 is 4.74 Å². The average molecular weight is 686 g/mol. The summed E-state index contributed by atoms with van der Waals surface area (Å²) < 4.78 is 9.30. The van der Waals surface area contributed by atoms with Gasteiger partial charge in [0.1, 0.15) is 17.9 Å². The molecular weight excluding hydrogens is 672 g/mol. The summed E-state index contributed by atoms with van der Waals surface area (Å²) in [7, 11) is 0. The van der Waals surface area contributed by atoms with Gasteiger partial charge in [0.2, 0.25) is 0 Å². The maximum Gasteiger partial charge on any atom is 0.282 e. The summed E-state index contributed by atoms with van der Waals surface area (Å²) in [6.45, 7) is 0.360. The Morgan fingerprint density at radius 3 is 2.22 bits per heavy atom. The molecular formula is C23H14Br4N2O3. The summed E-state index contributed by atoms with van der Waals surface area (Å²) >= 11 is 14.0. The zero-order valence-electron chi connectivity index (χ0n) is 16.2. The summed E-state index contributed by atoms with van der Waals surface area (Å²) in [5, 5.41) is 1.24. The van der Waals surface area contributed by atoms with E-state index < -0.39 is 11.8 Å². The van der Waals surface area contributed by atoms with E-state index in [4.69, 9.17) is 4.74 Å². The van der Waals surface area contributed by atoms with Crippen molar-refractivity contribution < 1.29 is 14.3 Å². The minimum absolute atomic E-state index is 0.0557. The van der Waals surface area contributed by atoms with Crippen molar-refractivity contribution in [3.63, 3.8) is 0 Å². The molecule has 5 nitrogen and oxygen atoms in total. The summed E-state index contributed by atoms with van der Waals surface area (Å²) in [5.74, 6) is -0.240. The van der Waals surface area contributed by atoms with Crippen LogP contribution < -0.4 is 15.2 Å². The first kappa shape index (κ1) is 23.2. The molecule has 2 amide bonds. The molecule has 0 spiro atoms. The number of para-hydroxylation sites is 1. The van der Waals surface area contributed by atoms with Crippen molar-refractivity contribution in [1.29, 1.82) is 0 Å². The fourth-order valence-electron chi connectivity index (χ4n) is 3.07. The van der Waals surface area contributed by atoms with Gasteiger partial charge in [-0.25, -0.2) is 5.01 Å². The average Bonchev–Trinajstić information content (AvgIpc) is 3.03. The van der Waals surface area contributed by atoms with Crippen LogP contribution >= 0.6 is 63.7 Å². The summed E-state index contributed by atoms with van der Waals surface area (Å²) in [6.07, 6.45) is 1.56. The monoisotopic (exact) mass is 682 g/mol. The second-order valence-electron chi connectivity index (χ2n) is 6.81. The van der Waals surface area contributed by atoms with Crippen LogP contribution in [0.3, 0.4) is 0 Å². The number of carbonyl (C=O) groups is 2. The van der Waals surface area contributed by atoms with Crippen LogP contribution in [0.5, 0.6) is 5.75 Å². The minimum Gasteiger partial charge on any atom is -0.486 e. The van der Waals surface area contributed by atoms with E-state index >= 15 is 0 Å². The van der Waals surface area contributed by atoms with Gasteiger partial charge in [-0.3, -0.25) is 15.0 Å². The van der Waals surface area contributed by atoms with Gasteiger partial charge in [0.05, 0.1) is 14.6 Å². The molecule has 0 bridgehead atoms. The fourth-order valence-corrected chi connectivity index (χ4v) is 5.68. The highest BCUT2D eigenvalue weighted by Gasteiger charge is 2.34. The zero-order chi connectivity index (χ0) is 22.8. The van der Waals surface area contributed by atoms with Crippen LogP contribution in [-0.2, 0) is 16.2 Å². The van der Waals surface area contributed by atoms with Gasteiger partial charge in [-0.1, -0.05) is 56.1 Å². The Kier molecular flexibility index (Phi) is 7.19. The SMILES string of the molecule is O=C1NN(c2ccccc2)C(=O)/C1=C\c1cc(Br)c(OCc2ccc(Br)cc2Br)c(Br)c1. The predicted molar refractivity (Wildman–Crippen MR) is 138 cm³/mol. The second kappa shape index (κ2) is 9.91. The number of amides is 2. The van der Waals surface area contributed by atoms with E-state index in [9.17, 15) is 9.59 Å². The van der Waals surface area contributed by atoms with Gasteiger partial charge in [0.15, 0.2) is 0 Å². The minimum atomic E-state index is -0.452. The van der Waals surface area contributed by atoms with Crippen LogP contribution in [0.25, 0.3) is 6.08 Å². The number of carbonyl (C=O) groups excluding carboxylic acids is 2. The third-order valence-electron chi connectivity index (χ3n) is 4.62. The molecule has 3 aromatic carbocycles. The number of hydrogen-bond acceptors (Lipinski definition) is 3. The topological polar surface area (TPSA) is 58.6 Å². The van der Waals surface area contributed by atoms with Crippen LogP contribution in [0.15, 0.2) is 84.1 Å². The number of hydrazine groups is 1. The molecule has 1 saturated heterocycles. The Bertz CT molecular complexity index is 1220. The van der Waals surface area contributed by atoms with Crippen LogP contribution in [0.1, 0.15) is 11.1 Å². The third-order valence-corrected chi connectivity index (χ3v) is 7.03. The largest absolute Gasteiger partial charge is 0.486 e. The first-order valence-corrected chi connectivity index (χ1v) is 12.5. The van der Waals surface area contributed by atoms with E-state index in [2.05, 4.69) is 69.1 Å². The molecule has 162 valence electrons. The lowest BCUT2D eigenvalue weighted by atomic mass is 10.1. The van der Waals surface area contributed by atoms with Crippen LogP contribution in [0.2, 0.25) is 0 Å². The van der Waals surface area contributed by atoms with E-state index in [0.717, 1.165) is 14.5 Å². The molecule has 4 rings (SSSR count). The molecule has 9 heteroatoms. The van der Waals surface area contributed by atoms with Crippen molar-refractivity contribution in [3.8, 4) is 5.75 Å². The van der Waals surface area contributed by atoms with E-state index in [1.165, 1.54) is 5.01 Å². The molecule has 1 fully saturated rings. The molecule has 32 heavy (non-hydrogen) atoms. The molecule has 0 aliphatic carbocycles. The number of nitrogens with zero attached hydrogens (tertiary/aromatic N) is 1. The summed E-state index contributed by atoms with van der Waals surface area (Å²) in [5.41, 5.74) is 4.92. The summed E-state index contributed by atoms with van der Waals surface area (Å²) in [6, 6.07) is 18.4. The van der Waals surface area contributed by atoms with Gasteiger partial charge in [-0.15, -0.1) is 0 Å². The molecule has 0 atom stereocenters. The number of halogens is 4. The van der Waals surface area contributed by atoms with Gasteiger partial charge in [0, 0.05) is 14.5 Å². The first-order chi connectivity index (χ1) is 15.3. The van der Waals surface area contributed by atoms with Gasteiger partial charge in [0.25, 0.3) is 11.8 Å². The van der Waals surface area contributed by atoms with Crippen LogP contribution in [0.4, 0.5) is 5.69 Å². The molecule has 1 heterocycles. The third kappa shape index (κ3) is 5.01. The predicted octanol–water partition coefficient (Wildman–Crippen LogP) is 6.78. The fraction of sp³-hybridized carbons (Fsp3) is 0.0435. The highest BCUT2D eigenvalue weighted by Crippen LogP contribution is 2.37. The Hall–Kier alpha value is -1.94. The van der Waals surface area contributed by atoms with Crippen molar-refractivity contribution in [3.05, 3.63) is 95.3 Å². The standard InChI is InChI=1S/C23H14Br4N2O3/c24-15-7-6-14(18(25)11-15)12-32-21-19(26)9-13(10-20(21)27)8-17-22(30)28-29(23(17)31)16-4-2-1-3-5-16/h1-11H,12H2,(H,28,30)/b17-8-. The number of hydrogen-bond donors (Lipinski definition) is 1. The second-order valence-corrected chi connectivity index (χ2v) is 10.3. The van der Waals surface area contributed by atoms with Gasteiger partial charge >= 0.3 is 0 Å². The smallest absolute Gasteiger partial charge is 0.282 e. The number of ether oxygens (including phenoxy) is 1. The molecule has 0 aromatic heterocycles. The lowest BCUT2D eigenvalue weighted by molar-refractivity contribution is -0.117. The molecule has 3 aromatic rings. The maximum absolute atomic E-state index is 12.8. The van der Waals surface area contributed by atoms with Crippen molar-refractivity contribution in [1.82, 2.24) is 5.43 Å². The highest BCUT2D eigenvalue weighted by molar-refractivity contribution is 9.11. The van der Waals surface area contributed by atoms with E-state index in [1.54, 1.807) is 42.5 Å². The lowest BCUT2D eigenvalue weighted by Crippen LogP contribution is -2.35. The summed E-state index contributed by atoms with van der Waals surface area (Å²) in [4.78, 5) is 25.2. The number of nitrogens with one attached hydrogen (secondary N) is 1. The lowest BCUT2D eigenvalue weighted by Gasteiger charge is -2.14. The van der Waals surface area contributed by atoms with E-state index in [-0.39, 0.29) is 5.57 Å². The molecule has 0 radical (unpaired) electrons. The van der Waals surface area contributed by atoms with Crippen molar-refractivity contribution >= 4 is 87.3 Å². The molecule has 1 aliphatic heterocycles. The normalized spacial score (nSPS) is 14.8. The number of anilines is 1. The Balaban J connectivity index is 1.56. The van der Waals surface area contributed by atoms with Gasteiger partial charge in [-0.2, -0.15) is 0 Å². The van der Waals surface area contributed by atoms with Crippen LogP contribution in [-0.4, -0.2) is 11.8 Å². The van der Waals surface area contributed by atoms with Crippen molar-refractivity contribution in [2.75, 3.05) is 5.01 Å². The molecule has 1 aliphatic rings. The maximum atomic E-state index is 12.8. The highest BCUT2D eigenvalue weighted by atomic mass is 79.9. The molecule has 1 N–H and O–H groups in total. The Labute approximate surface area is 218 Å². The Morgan fingerprint density at radius 1 is 0.875 bits per heavy atom. The number of benzene rings is 3. The zero-order valence-corrected chi connectivity index (χ0v) is 22.6. The number of rotatable bonds is 5. The van der Waals surface area contributed by atoms with Crippen LogP contribution in [0, 0.1) is 0 Å². The first-order valence-electron chi connectivity index (χ1n) is 9.31. The quantitative estimate of drug-likeness (QED) is 0.238. The van der Waals surface area contributed by atoms with Gasteiger partial charge in [-0.05, 0) is 79.9 Å². The van der Waals surface area contributed by atoms with Crippen molar-refractivity contribution in [2.24, 2.45) is 0 Å². The van der Waals surface area contributed by atoms with Crippen molar-refractivity contribution in [2.45, 2.75) is 6.61 Å². The van der Waals surface area contributed by atoms with E-state index in [0.29, 0.717) is 32.6 Å². The van der Waals surface area contributed by atoms with E-state index in [1.807, 2.05) is 24.3 Å². The Morgan fingerprint density at radius 2 is 1.56 bits per heavy atom. The molecule has 0 saturated carbocycles. The molecule has 0 unspecified atom stereocenters.